The Morgan fingerprint density at radius 2 is 1.15 bits per heavy atom. The molecule has 0 aliphatic heterocycles. The molecule has 34 heavy (non-hydrogen) atoms. The van der Waals surface area contributed by atoms with Crippen molar-refractivity contribution in [3.05, 3.63) is 103 Å². The van der Waals surface area contributed by atoms with Crippen molar-refractivity contribution in [1.82, 2.24) is 4.98 Å². The van der Waals surface area contributed by atoms with Gasteiger partial charge in [-0.25, -0.2) is 4.98 Å². The van der Waals surface area contributed by atoms with Crippen molar-refractivity contribution in [1.29, 1.82) is 5.26 Å². The minimum absolute atomic E-state index is 0.347. The highest BCUT2D eigenvalue weighted by Gasteiger charge is 2.14. The highest BCUT2D eigenvalue weighted by molar-refractivity contribution is 5.93. The van der Waals surface area contributed by atoms with E-state index in [1.54, 1.807) is 20.3 Å². The second kappa shape index (κ2) is 9.09. The maximum atomic E-state index is 9.88. The van der Waals surface area contributed by atoms with Crippen molar-refractivity contribution in [2.75, 3.05) is 14.2 Å². The maximum absolute atomic E-state index is 9.88. The van der Waals surface area contributed by atoms with Gasteiger partial charge in [-0.2, -0.15) is 5.26 Å². The molecule has 0 saturated heterocycles. The third kappa shape index (κ3) is 3.96. The van der Waals surface area contributed by atoms with E-state index in [4.69, 9.17) is 14.5 Å². The number of benzene rings is 4. The summed E-state index contributed by atoms with van der Waals surface area (Å²) in [6.07, 6.45) is 0. The van der Waals surface area contributed by atoms with Gasteiger partial charge in [0.15, 0.2) is 11.5 Å². The molecule has 5 rings (SSSR count). The van der Waals surface area contributed by atoms with Crippen LogP contribution in [0.25, 0.3) is 44.3 Å². The van der Waals surface area contributed by atoms with Crippen molar-refractivity contribution in [3.63, 3.8) is 0 Å². The summed E-state index contributed by atoms with van der Waals surface area (Å²) in [7, 11) is 3.18. The van der Waals surface area contributed by atoms with Crippen LogP contribution in [0.15, 0.2) is 97.1 Å². The average Bonchev–Trinajstić information content (AvgIpc) is 2.92. The molecule has 1 aromatic heterocycles. The molecule has 0 unspecified atom stereocenters. The molecule has 0 aliphatic carbocycles. The molecule has 5 aromatic rings. The molecule has 1 heterocycles. The second-order valence-corrected chi connectivity index (χ2v) is 7.93. The van der Waals surface area contributed by atoms with Crippen LogP contribution < -0.4 is 9.47 Å². The van der Waals surface area contributed by atoms with Crippen LogP contribution in [0.3, 0.4) is 0 Å². The number of fused-ring (bicyclic) bond motifs is 1. The number of nitriles is 1. The molecule has 0 fully saturated rings. The first kappa shape index (κ1) is 21.2. The lowest BCUT2D eigenvalue weighted by atomic mass is 9.94. The van der Waals surface area contributed by atoms with Crippen LogP contribution in [0.2, 0.25) is 0 Å². The Morgan fingerprint density at radius 3 is 1.68 bits per heavy atom. The Balaban J connectivity index is 1.75. The van der Waals surface area contributed by atoms with Gasteiger partial charge in [-0.05, 0) is 64.0 Å². The van der Waals surface area contributed by atoms with E-state index in [0.29, 0.717) is 17.2 Å². The monoisotopic (exact) mass is 442 g/mol. The molecule has 164 valence electrons. The van der Waals surface area contributed by atoms with Crippen LogP contribution in [0.1, 0.15) is 5.69 Å². The Kier molecular flexibility index (Phi) is 5.68. The molecule has 0 spiro atoms. The van der Waals surface area contributed by atoms with E-state index in [1.165, 1.54) is 0 Å². The summed E-state index contributed by atoms with van der Waals surface area (Å²) in [6, 6.07) is 34.9. The van der Waals surface area contributed by atoms with Crippen LogP contribution >= 0.6 is 0 Å². The van der Waals surface area contributed by atoms with Gasteiger partial charge in [0.05, 0.1) is 19.9 Å². The molecule has 0 atom stereocenters. The fraction of sp³-hybridized carbons (Fsp3) is 0.0667. The zero-order chi connectivity index (χ0) is 23.5. The van der Waals surface area contributed by atoms with Gasteiger partial charge in [0.1, 0.15) is 11.8 Å². The highest BCUT2D eigenvalue weighted by atomic mass is 16.5. The molecule has 4 heteroatoms. The number of methoxy groups -OCH3 is 2. The topological polar surface area (TPSA) is 55.1 Å². The Bertz CT molecular complexity index is 1460. The minimum atomic E-state index is 0.347. The summed E-state index contributed by atoms with van der Waals surface area (Å²) < 4.78 is 10.9. The van der Waals surface area contributed by atoms with E-state index >= 15 is 0 Å². The summed E-state index contributed by atoms with van der Waals surface area (Å²) in [6.45, 7) is 0. The SMILES string of the molecule is COc1cc2cc(-c3cc(-c4ccccc4)cc(-c4ccccc4)c3)nc(C#N)c2cc1OC. The average molecular weight is 443 g/mol. The van der Waals surface area contributed by atoms with Gasteiger partial charge in [0, 0.05) is 10.9 Å². The lowest BCUT2D eigenvalue weighted by Crippen LogP contribution is -1.95. The number of aromatic nitrogens is 1. The Labute approximate surface area is 198 Å². The molecule has 4 aromatic carbocycles. The van der Waals surface area contributed by atoms with Crippen molar-refractivity contribution in [3.8, 4) is 51.1 Å². The minimum Gasteiger partial charge on any atom is -0.493 e. The van der Waals surface area contributed by atoms with Crippen LogP contribution in [-0.4, -0.2) is 19.2 Å². The van der Waals surface area contributed by atoms with Gasteiger partial charge in [-0.15, -0.1) is 0 Å². The van der Waals surface area contributed by atoms with Gasteiger partial charge in [-0.3, -0.25) is 0 Å². The Morgan fingerprint density at radius 1 is 0.618 bits per heavy atom. The zero-order valence-electron chi connectivity index (χ0n) is 18.9. The van der Waals surface area contributed by atoms with Gasteiger partial charge < -0.3 is 9.47 Å². The summed E-state index contributed by atoms with van der Waals surface area (Å²) in [5.74, 6) is 1.18. The molecule has 0 aliphatic rings. The highest BCUT2D eigenvalue weighted by Crippen LogP contribution is 2.37. The standard InChI is InChI=1S/C30H22N2O2/c1-33-29-17-24-16-27(32-28(19-31)26(24)18-30(29)34-2)25-14-22(20-9-5-3-6-10-20)13-23(15-25)21-11-7-4-8-12-21/h3-18H,1-2H3. The molecule has 0 N–H and O–H groups in total. The number of nitrogens with zero attached hydrogens (tertiary/aromatic N) is 2. The van der Waals surface area contributed by atoms with Gasteiger partial charge in [-0.1, -0.05) is 60.7 Å². The molecule has 0 saturated carbocycles. The van der Waals surface area contributed by atoms with Crippen molar-refractivity contribution >= 4 is 10.8 Å². The largest absolute Gasteiger partial charge is 0.493 e. The van der Waals surface area contributed by atoms with E-state index < -0.39 is 0 Å². The summed E-state index contributed by atoms with van der Waals surface area (Å²) >= 11 is 0. The first-order valence-electron chi connectivity index (χ1n) is 10.9. The predicted molar refractivity (Wildman–Crippen MR) is 136 cm³/mol. The number of hydrogen-bond acceptors (Lipinski definition) is 4. The van der Waals surface area contributed by atoms with Crippen LogP contribution in [0.5, 0.6) is 11.5 Å². The lowest BCUT2D eigenvalue weighted by molar-refractivity contribution is 0.356. The fourth-order valence-corrected chi connectivity index (χ4v) is 4.18. The molecule has 0 bridgehead atoms. The van der Waals surface area contributed by atoms with E-state index in [9.17, 15) is 5.26 Å². The zero-order valence-corrected chi connectivity index (χ0v) is 18.9. The van der Waals surface area contributed by atoms with Crippen LogP contribution in [-0.2, 0) is 0 Å². The number of hydrogen-bond donors (Lipinski definition) is 0. The fourth-order valence-electron chi connectivity index (χ4n) is 4.18. The molecule has 4 nitrogen and oxygen atoms in total. The summed E-state index contributed by atoms with van der Waals surface area (Å²) in [5.41, 5.74) is 6.43. The number of ether oxygens (including phenoxy) is 2. The molecule has 0 radical (unpaired) electrons. The molecular formula is C30H22N2O2. The van der Waals surface area contributed by atoms with Crippen molar-refractivity contribution in [2.24, 2.45) is 0 Å². The third-order valence-electron chi connectivity index (χ3n) is 5.88. The second-order valence-electron chi connectivity index (χ2n) is 7.93. The van der Waals surface area contributed by atoms with E-state index in [2.05, 4.69) is 48.5 Å². The van der Waals surface area contributed by atoms with E-state index in [-0.39, 0.29) is 0 Å². The number of rotatable bonds is 5. The third-order valence-corrected chi connectivity index (χ3v) is 5.88. The first-order chi connectivity index (χ1) is 16.7. The van der Waals surface area contributed by atoms with Crippen molar-refractivity contribution in [2.45, 2.75) is 0 Å². The van der Waals surface area contributed by atoms with E-state index in [0.717, 1.165) is 44.3 Å². The van der Waals surface area contributed by atoms with Gasteiger partial charge in [0.2, 0.25) is 0 Å². The van der Waals surface area contributed by atoms with Gasteiger partial charge in [0.25, 0.3) is 0 Å². The Hall–Kier alpha value is -4.62. The predicted octanol–water partition coefficient (Wildman–Crippen LogP) is 7.12. The van der Waals surface area contributed by atoms with Gasteiger partial charge >= 0.3 is 0 Å². The smallest absolute Gasteiger partial charge is 0.161 e. The maximum Gasteiger partial charge on any atom is 0.161 e. The van der Waals surface area contributed by atoms with Crippen LogP contribution in [0.4, 0.5) is 0 Å². The molecule has 0 amide bonds. The number of pyridine rings is 1. The quantitative estimate of drug-likeness (QED) is 0.291. The summed E-state index contributed by atoms with van der Waals surface area (Å²) in [5, 5.41) is 11.5. The summed E-state index contributed by atoms with van der Waals surface area (Å²) in [4.78, 5) is 4.73. The lowest BCUT2D eigenvalue weighted by Gasteiger charge is -2.13. The molecular weight excluding hydrogens is 420 g/mol. The normalized spacial score (nSPS) is 10.6. The first-order valence-corrected chi connectivity index (χ1v) is 10.9. The van der Waals surface area contributed by atoms with Crippen LogP contribution in [0, 0.1) is 11.3 Å². The van der Waals surface area contributed by atoms with E-state index in [1.807, 2.05) is 48.5 Å². The van der Waals surface area contributed by atoms with Crippen molar-refractivity contribution < 1.29 is 9.47 Å².